The van der Waals surface area contributed by atoms with Crippen LogP contribution in [-0.2, 0) is 5.41 Å². The number of nitrogens with one attached hydrogen (secondary N) is 1. The summed E-state index contributed by atoms with van der Waals surface area (Å²) in [4.78, 5) is 8.45. The van der Waals surface area contributed by atoms with Gasteiger partial charge in [-0.05, 0) is 25.3 Å². The van der Waals surface area contributed by atoms with E-state index in [0.29, 0.717) is 17.5 Å². The van der Waals surface area contributed by atoms with Gasteiger partial charge in [0.1, 0.15) is 17.4 Å². The summed E-state index contributed by atoms with van der Waals surface area (Å²) in [5, 5.41) is 0. The van der Waals surface area contributed by atoms with Gasteiger partial charge in [-0.25, -0.2) is 10.8 Å². The third-order valence-corrected chi connectivity index (χ3v) is 3.12. The Labute approximate surface area is 125 Å². The first-order valence-corrected chi connectivity index (χ1v) is 6.91. The second-order valence-corrected chi connectivity index (χ2v) is 6.13. The lowest BCUT2D eigenvalue weighted by Crippen LogP contribution is -2.13. The van der Waals surface area contributed by atoms with Crippen molar-refractivity contribution in [1.29, 1.82) is 0 Å². The van der Waals surface area contributed by atoms with E-state index in [-0.39, 0.29) is 5.41 Å². The van der Waals surface area contributed by atoms with Crippen LogP contribution in [0.3, 0.4) is 0 Å². The molecule has 1 heterocycles. The molecule has 5 nitrogen and oxygen atoms in total. The van der Waals surface area contributed by atoms with Crippen LogP contribution < -0.4 is 16.0 Å². The minimum Gasteiger partial charge on any atom is -0.439 e. The Morgan fingerprint density at radius 1 is 1.10 bits per heavy atom. The van der Waals surface area contributed by atoms with Gasteiger partial charge in [0.05, 0.1) is 0 Å². The van der Waals surface area contributed by atoms with E-state index in [2.05, 4.69) is 49.2 Å². The zero-order chi connectivity index (χ0) is 15.6. The number of hydrogen-bond donors (Lipinski definition) is 2. The van der Waals surface area contributed by atoms with E-state index in [9.17, 15) is 0 Å². The Kier molecular flexibility index (Phi) is 4.14. The van der Waals surface area contributed by atoms with Crippen LogP contribution in [0, 0.1) is 13.8 Å². The molecular weight excluding hydrogens is 264 g/mol. The van der Waals surface area contributed by atoms with Gasteiger partial charge in [-0.15, -0.1) is 0 Å². The highest BCUT2D eigenvalue weighted by atomic mass is 16.5. The van der Waals surface area contributed by atoms with Gasteiger partial charge < -0.3 is 10.2 Å². The van der Waals surface area contributed by atoms with Gasteiger partial charge in [0.25, 0.3) is 0 Å². The Morgan fingerprint density at radius 3 is 2.43 bits per heavy atom. The maximum absolute atomic E-state index is 5.97. The van der Waals surface area contributed by atoms with Crippen molar-refractivity contribution in [3.8, 4) is 11.6 Å². The maximum Gasteiger partial charge on any atom is 0.224 e. The SMILES string of the molecule is Cc1ccc(Oc2cc(NN)nc(C)n2)c(C(C)(C)C)c1. The molecule has 0 radical (unpaired) electrons. The number of rotatable bonds is 3. The van der Waals surface area contributed by atoms with Crippen molar-refractivity contribution in [2.45, 2.75) is 40.0 Å². The van der Waals surface area contributed by atoms with Gasteiger partial charge in [0, 0.05) is 11.6 Å². The van der Waals surface area contributed by atoms with Crippen LogP contribution in [0.25, 0.3) is 0 Å². The molecule has 21 heavy (non-hydrogen) atoms. The third kappa shape index (κ3) is 3.70. The van der Waals surface area contributed by atoms with E-state index in [4.69, 9.17) is 10.6 Å². The van der Waals surface area contributed by atoms with E-state index < -0.39 is 0 Å². The van der Waals surface area contributed by atoms with Crippen LogP contribution >= 0.6 is 0 Å². The molecular formula is C16H22N4O. The van der Waals surface area contributed by atoms with Gasteiger partial charge in [-0.1, -0.05) is 38.5 Å². The third-order valence-electron chi connectivity index (χ3n) is 3.12. The fraction of sp³-hybridized carbons (Fsp3) is 0.375. The lowest BCUT2D eigenvalue weighted by atomic mass is 9.85. The number of aromatic nitrogens is 2. The molecule has 2 aromatic rings. The monoisotopic (exact) mass is 286 g/mol. The molecule has 2 rings (SSSR count). The van der Waals surface area contributed by atoms with Crippen molar-refractivity contribution < 1.29 is 4.74 Å². The van der Waals surface area contributed by atoms with Crippen molar-refractivity contribution in [3.05, 3.63) is 41.2 Å². The number of hydrazine groups is 1. The van der Waals surface area contributed by atoms with Crippen LogP contribution in [0.4, 0.5) is 5.82 Å². The average molecular weight is 286 g/mol. The number of ether oxygens (including phenoxy) is 1. The summed E-state index contributed by atoms with van der Waals surface area (Å²) in [7, 11) is 0. The molecule has 5 heteroatoms. The predicted molar refractivity (Wildman–Crippen MR) is 84.5 cm³/mol. The number of hydrogen-bond acceptors (Lipinski definition) is 5. The van der Waals surface area contributed by atoms with Crippen LogP contribution in [0.2, 0.25) is 0 Å². The standard InChI is InChI=1S/C16H22N4O/c1-10-6-7-13(12(8-10)16(3,4)5)21-15-9-14(20-17)18-11(2)19-15/h6-9H,17H2,1-5H3,(H,18,19,20). The van der Waals surface area contributed by atoms with Crippen LogP contribution in [0.5, 0.6) is 11.6 Å². The zero-order valence-corrected chi connectivity index (χ0v) is 13.2. The largest absolute Gasteiger partial charge is 0.439 e. The highest BCUT2D eigenvalue weighted by molar-refractivity contribution is 5.44. The predicted octanol–water partition coefficient (Wildman–Crippen LogP) is 3.47. The minimum atomic E-state index is -0.0155. The van der Waals surface area contributed by atoms with Gasteiger partial charge in [0.15, 0.2) is 0 Å². The Bertz CT molecular complexity index is 647. The van der Waals surface area contributed by atoms with E-state index in [1.807, 2.05) is 12.1 Å². The molecule has 0 bridgehead atoms. The normalized spacial score (nSPS) is 11.3. The molecule has 0 aliphatic rings. The summed E-state index contributed by atoms with van der Waals surface area (Å²) in [6, 6.07) is 7.83. The lowest BCUT2D eigenvalue weighted by molar-refractivity contribution is 0.437. The first kappa shape index (κ1) is 15.3. The molecule has 0 unspecified atom stereocenters. The quantitative estimate of drug-likeness (QED) is 0.667. The fourth-order valence-electron chi connectivity index (χ4n) is 2.10. The second kappa shape index (κ2) is 5.69. The van der Waals surface area contributed by atoms with E-state index >= 15 is 0 Å². The number of aryl methyl sites for hydroxylation is 2. The molecule has 0 saturated heterocycles. The van der Waals surface area contributed by atoms with Gasteiger partial charge in [-0.2, -0.15) is 4.98 Å². The van der Waals surface area contributed by atoms with E-state index in [1.54, 1.807) is 13.0 Å². The van der Waals surface area contributed by atoms with Crippen LogP contribution in [-0.4, -0.2) is 9.97 Å². The summed E-state index contributed by atoms with van der Waals surface area (Å²) in [6.07, 6.45) is 0. The van der Waals surface area contributed by atoms with Crippen molar-refractivity contribution in [2.24, 2.45) is 5.84 Å². The van der Waals surface area contributed by atoms with E-state index in [1.165, 1.54) is 5.56 Å². The Morgan fingerprint density at radius 2 is 1.81 bits per heavy atom. The van der Waals surface area contributed by atoms with Crippen LogP contribution in [0.1, 0.15) is 37.7 Å². The smallest absolute Gasteiger partial charge is 0.224 e. The second-order valence-electron chi connectivity index (χ2n) is 6.13. The molecule has 0 aliphatic heterocycles. The highest BCUT2D eigenvalue weighted by Gasteiger charge is 2.20. The molecule has 0 spiro atoms. The van der Waals surface area contributed by atoms with Crippen molar-refractivity contribution in [1.82, 2.24) is 9.97 Å². The van der Waals surface area contributed by atoms with E-state index in [0.717, 1.165) is 11.3 Å². The molecule has 112 valence electrons. The summed E-state index contributed by atoms with van der Waals surface area (Å²) in [6.45, 7) is 10.4. The van der Waals surface area contributed by atoms with Crippen molar-refractivity contribution >= 4 is 5.82 Å². The summed E-state index contributed by atoms with van der Waals surface area (Å²) in [5.41, 5.74) is 4.85. The number of nitrogens with zero attached hydrogens (tertiary/aromatic N) is 2. The number of benzene rings is 1. The average Bonchev–Trinajstić information content (AvgIpc) is 2.39. The molecule has 0 saturated carbocycles. The highest BCUT2D eigenvalue weighted by Crippen LogP contribution is 2.34. The zero-order valence-electron chi connectivity index (χ0n) is 13.2. The van der Waals surface area contributed by atoms with Crippen molar-refractivity contribution in [3.63, 3.8) is 0 Å². The molecule has 1 aromatic heterocycles. The summed E-state index contributed by atoms with van der Waals surface area (Å²) < 4.78 is 5.97. The Balaban J connectivity index is 2.42. The molecule has 1 aromatic carbocycles. The number of nitrogens with two attached hydrogens (primary N) is 1. The minimum absolute atomic E-state index is 0.0155. The molecule has 3 N–H and O–H groups in total. The maximum atomic E-state index is 5.97. The Hall–Kier alpha value is -2.14. The van der Waals surface area contributed by atoms with Gasteiger partial charge in [-0.3, -0.25) is 0 Å². The summed E-state index contributed by atoms with van der Waals surface area (Å²) in [5.74, 6) is 7.81. The molecule has 0 amide bonds. The number of nitrogen functional groups attached to an aromatic ring is 1. The molecule has 0 atom stereocenters. The topological polar surface area (TPSA) is 73.1 Å². The lowest BCUT2D eigenvalue weighted by Gasteiger charge is -2.23. The van der Waals surface area contributed by atoms with Crippen LogP contribution in [0.15, 0.2) is 24.3 Å². The van der Waals surface area contributed by atoms with Gasteiger partial charge in [0.2, 0.25) is 5.88 Å². The van der Waals surface area contributed by atoms with Gasteiger partial charge >= 0.3 is 0 Å². The van der Waals surface area contributed by atoms with Crippen molar-refractivity contribution in [2.75, 3.05) is 5.43 Å². The summed E-state index contributed by atoms with van der Waals surface area (Å²) >= 11 is 0. The first-order valence-electron chi connectivity index (χ1n) is 6.91. The number of anilines is 1. The first-order chi connectivity index (χ1) is 9.79. The molecule has 0 aliphatic carbocycles. The molecule has 0 fully saturated rings. The fourth-order valence-corrected chi connectivity index (χ4v) is 2.10.